The maximum atomic E-state index is 11.7. The third-order valence-electron chi connectivity index (χ3n) is 9.79. The molecule has 5 heteroatoms. The predicted octanol–water partition coefficient (Wildman–Crippen LogP) is 5.22. The second kappa shape index (κ2) is 10.0. The van der Waals surface area contributed by atoms with E-state index in [1.54, 1.807) is 12.7 Å². The van der Waals surface area contributed by atoms with Crippen LogP contribution in [0.4, 0.5) is 0 Å². The summed E-state index contributed by atoms with van der Waals surface area (Å²) in [5.74, 6) is 3.46. The summed E-state index contributed by atoms with van der Waals surface area (Å²) in [6.45, 7) is 4.28. The number of carbonyl (C=O) groups is 2. The average molecular weight is 467 g/mol. The van der Waals surface area contributed by atoms with Crippen LogP contribution in [0.2, 0.25) is 0 Å². The summed E-state index contributed by atoms with van der Waals surface area (Å²) in [5, 5.41) is 3.96. The molecule has 4 aliphatic rings. The summed E-state index contributed by atoms with van der Waals surface area (Å²) in [7, 11) is 1.77. The van der Waals surface area contributed by atoms with Crippen LogP contribution in [-0.4, -0.2) is 43.0 Å². The molecule has 1 saturated heterocycles. The molecule has 1 N–H and O–H groups in total. The van der Waals surface area contributed by atoms with E-state index in [-0.39, 0.29) is 11.8 Å². The minimum absolute atomic E-state index is 0.0200. The molecule has 1 aliphatic heterocycles. The molecule has 3 aliphatic carbocycles. The molecular weight excluding hydrogens is 424 g/mol. The fraction of sp³-hybridized carbons (Fsp3) is 0.724. The Bertz CT molecular complexity index is 899. The van der Waals surface area contributed by atoms with Crippen LogP contribution in [0, 0.1) is 17.3 Å². The van der Waals surface area contributed by atoms with E-state index >= 15 is 0 Å². The van der Waals surface area contributed by atoms with Crippen molar-refractivity contribution in [1.82, 2.24) is 10.2 Å². The lowest BCUT2D eigenvalue weighted by atomic mass is 9.55. The van der Waals surface area contributed by atoms with Crippen LogP contribution < -0.4 is 10.1 Å². The second-order valence-electron chi connectivity index (χ2n) is 11.5. The molecule has 1 aromatic rings. The quantitative estimate of drug-likeness (QED) is 0.400. The molecule has 2 amide bonds. The molecule has 34 heavy (non-hydrogen) atoms. The van der Waals surface area contributed by atoms with E-state index in [0.29, 0.717) is 30.8 Å². The van der Waals surface area contributed by atoms with Crippen molar-refractivity contribution in [3.8, 4) is 5.75 Å². The lowest BCUT2D eigenvalue weighted by Gasteiger charge is -2.51. The Balaban J connectivity index is 1.08. The number of ether oxygens (including phenoxy) is 1. The third kappa shape index (κ3) is 4.41. The lowest BCUT2D eigenvalue weighted by molar-refractivity contribution is -0.138. The van der Waals surface area contributed by atoms with Crippen LogP contribution in [-0.2, 0) is 16.0 Å². The molecule has 5 nitrogen and oxygen atoms in total. The number of rotatable bonds is 9. The SMILES string of the molecule is COc1ccc2c(c1)CC[C@@H]1[C@@H]2CC[C@]2(C)C(NCCCCCCN3C(=O)CCC3=O)CC[C@@H]12. The molecule has 3 fully saturated rings. The first-order valence-corrected chi connectivity index (χ1v) is 13.7. The zero-order valence-corrected chi connectivity index (χ0v) is 21.1. The van der Waals surface area contributed by atoms with Crippen molar-refractivity contribution in [2.24, 2.45) is 17.3 Å². The van der Waals surface area contributed by atoms with Gasteiger partial charge in [-0.2, -0.15) is 0 Å². The largest absolute Gasteiger partial charge is 0.497 e. The van der Waals surface area contributed by atoms with Crippen molar-refractivity contribution in [1.29, 1.82) is 0 Å². The lowest BCUT2D eigenvalue weighted by Crippen LogP contribution is -2.48. The predicted molar refractivity (Wildman–Crippen MR) is 134 cm³/mol. The van der Waals surface area contributed by atoms with Gasteiger partial charge in [0.25, 0.3) is 0 Å². The van der Waals surface area contributed by atoms with Crippen LogP contribution in [0.25, 0.3) is 0 Å². The summed E-state index contributed by atoms with van der Waals surface area (Å²) >= 11 is 0. The van der Waals surface area contributed by atoms with Crippen LogP contribution in [0.5, 0.6) is 5.75 Å². The molecule has 5 atom stereocenters. The van der Waals surface area contributed by atoms with E-state index in [9.17, 15) is 9.59 Å². The van der Waals surface area contributed by atoms with Gasteiger partial charge in [0.05, 0.1) is 7.11 Å². The molecule has 5 rings (SSSR count). The summed E-state index contributed by atoms with van der Waals surface area (Å²) < 4.78 is 5.48. The average Bonchev–Trinajstić information content (AvgIpc) is 3.36. The fourth-order valence-corrected chi connectivity index (χ4v) is 7.92. The van der Waals surface area contributed by atoms with Gasteiger partial charge in [0.1, 0.15) is 5.75 Å². The van der Waals surface area contributed by atoms with Gasteiger partial charge in [0.15, 0.2) is 0 Å². The number of unbranched alkanes of at least 4 members (excludes halogenated alkanes) is 3. The molecule has 0 spiro atoms. The highest BCUT2D eigenvalue weighted by molar-refractivity contribution is 6.01. The topological polar surface area (TPSA) is 58.6 Å². The number of hydrogen-bond donors (Lipinski definition) is 1. The minimum Gasteiger partial charge on any atom is -0.497 e. The summed E-state index contributed by atoms with van der Waals surface area (Å²) in [6, 6.07) is 7.44. The number of hydrogen-bond acceptors (Lipinski definition) is 4. The highest BCUT2D eigenvalue weighted by Crippen LogP contribution is 2.61. The van der Waals surface area contributed by atoms with E-state index in [0.717, 1.165) is 42.9 Å². The van der Waals surface area contributed by atoms with E-state index in [2.05, 4.69) is 30.4 Å². The Kier molecular flexibility index (Phi) is 7.02. The Labute approximate surface area is 205 Å². The number of methoxy groups -OCH3 is 1. The van der Waals surface area contributed by atoms with Gasteiger partial charge >= 0.3 is 0 Å². The Hall–Kier alpha value is -1.88. The molecule has 2 saturated carbocycles. The van der Waals surface area contributed by atoms with Gasteiger partial charge in [-0.25, -0.2) is 0 Å². The van der Waals surface area contributed by atoms with E-state index < -0.39 is 0 Å². The Morgan fingerprint density at radius 3 is 2.59 bits per heavy atom. The van der Waals surface area contributed by atoms with Gasteiger partial charge in [-0.05, 0) is 104 Å². The molecule has 0 radical (unpaired) electrons. The summed E-state index contributed by atoms with van der Waals surface area (Å²) in [6.07, 6.45) is 13.1. The van der Waals surface area contributed by atoms with Gasteiger partial charge in [-0.15, -0.1) is 0 Å². The molecule has 0 bridgehead atoms. The van der Waals surface area contributed by atoms with Crippen molar-refractivity contribution in [2.45, 2.75) is 95.9 Å². The van der Waals surface area contributed by atoms with Crippen molar-refractivity contribution in [3.05, 3.63) is 29.3 Å². The number of nitrogens with zero attached hydrogens (tertiary/aromatic N) is 1. The first kappa shape index (κ1) is 23.8. The zero-order chi connectivity index (χ0) is 23.7. The molecule has 1 heterocycles. The monoisotopic (exact) mass is 466 g/mol. The van der Waals surface area contributed by atoms with Crippen LogP contribution in [0.15, 0.2) is 18.2 Å². The van der Waals surface area contributed by atoms with Gasteiger partial charge < -0.3 is 10.1 Å². The smallest absolute Gasteiger partial charge is 0.229 e. The third-order valence-corrected chi connectivity index (χ3v) is 9.79. The second-order valence-corrected chi connectivity index (χ2v) is 11.5. The Morgan fingerprint density at radius 1 is 1.00 bits per heavy atom. The van der Waals surface area contributed by atoms with Crippen molar-refractivity contribution >= 4 is 11.8 Å². The maximum Gasteiger partial charge on any atom is 0.229 e. The maximum absolute atomic E-state index is 11.7. The van der Waals surface area contributed by atoms with Gasteiger partial charge in [0.2, 0.25) is 11.8 Å². The molecule has 0 aromatic heterocycles. The molecule has 186 valence electrons. The van der Waals surface area contributed by atoms with E-state index in [1.807, 2.05) is 0 Å². The van der Waals surface area contributed by atoms with Crippen LogP contribution in [0.1, 0.15) is 94.6 Å². The van der Waals surface area contributed by atoms with Crippen molar-refractivity contribution < 1.29 is 14.3 Å². The molecule has 1 aromatic carbocycles. The highest BCUT2D eigenvalue weighted by Gasteiger charge is 2.54. The summed E-state index contributed by atoms with van der Waals surface area (Å²) in [5.41, 5.74) is 3.56. The molecule has 1 unspecified atom stereocenters. The fourth-order valence-electron chi connectivity index (χ4n) is 7.92. The normalized spacial score (nSPS) is 32.5. The number of imide groups is 1. The van der Waals surface area contributed by atoms with Gasteiger partial charge in [-0.3, -0.25) is 14.5 Å². The standard InChI is InChI=1S/C29H42N2O3/c1-29-16-15-23-22-10-8-21(34-2)19-20(22)7-9-24(23)25(29)11-12-26(29)30-17-5-3-4-6-18-31-27(32)13-14-28(31)33/h8,10,19,23-26,30H,3-7,9,11-18H2,1-2H3/t23-,24-,25+,26?,29+/m1/s1. The van der Waals surface area contributed by atoms with Crippen LogP contribution in [0.3, 0.4) is 0 Å². The Morgan fingerprint density at radius 2 is 1.79 bits per heavy atom. The van der Waals surface area contributed by atoms with Crippen molar-refractivity contribution in [2.75, 3.05) is 20.2 Å². The number of carbonyl (C=O) groups excluding carboxylic acids is 2. The number of aryl methyl sites for hydroxylation is 1. The highest BCUT2D eigenvalue weighted by atomic mass is 16.5. The van der Waals surface area contributed by atoms with E-state index in [1.165, 1.54) is 61.8 Å². The van der Waals surface area contributed by atoms with Crippen molar-refractivity contribution in [3.63, 3.8) is 0 Å². The zero-order valence-electron chi connectivity index (χ0n) is 21.1. The first-order valence-electron chi connectivity index (χ1n) is 13.7. The van der Waals surface area contributed by atoms with Gasteiger partial charge in [0, 0.05) is 25.4 Å². The number of benzene rings is 1. The minimum atomic E-state index is 0.0200. The number of nitrogens with one attached hydrogen (secondary N) is 1. The number of fused-ring (bicyclic) bond motifs is 5. The first-order chi connectivity index (χ1) is 16.5. The van der Waals surface area contributed by atoms with Gasteiger partial charge in [-0.1, -0.05) is 25.8 Å². The van der Waals surface area contributed by atoms with E-state index in [4.69, 9.17) is 4.74 Å². The number of likely N-dealkylation sites (tertiary alicyclic amines) is 1. The molecular formula is C29H42N2O3. The summed E-state index contributed by atoms with van der Waals surface area (Å²) in [4.78, 5) is 24.9. The van der Waals surface area contributed by atoms with Crippen LogP contribution >= 0.6 is 0 Å². The number of amides is 2.